The average molecular weight is 533 g/mol. The Labute approximate surface area is 227 Å². The third-order valence-electron chi connectivity index (χ3n) is 6.98. The van der Waals surface area contributed by atoms with Crippen LogP contribution in [-0.2, 0) is 14.4 Å². The van der Waals surface area contributed by atoms with Gasteiger partial charge in [-0.15, -0.1) is 0 Å². The minimum atomic E-state index is -0.864. The Morgan fingerprint density at radius 2 is 1.76 bits per heavy atom. The van der Waals surface area contributed by atoms with Crippen molar-refractivity contribution < 1.29 is 24.2 Å². The molecule has 0 aromatic heterocycles. The molecule has 0 saturated carbocycles. The van der Waals surface area contributed by atoms with Crippen molar-refractivity contribution in [3.05, 3.63) is 24.3 Å². The molecule has 1 heterocycles. The smallest absolute Gasteiger partial charge is 0.262 e. The Morgan fingerprint density at radius 3 is 2.42 bits per heavy atom. The number of aliphatic hydroxyl groups excluding tert-OH is 1. The van der Waals surface area contributed by atoms with Gasteiger partial charge in [-0.2, -0.15) is 0 Å². The average Bonchev–Trinajstić information content (AvgIpc) is 2.87. The van der Waals surface area contributed by atoms with Crippen LogP contribution < -0.4 is 26.0 Å². The summed E-state index contributed by atoms with van der Waals surface area (Å²) in [4.78, 5) is 40.1. The Kier molecular flexibility index (Phi) is 12.5. The predicted molar refractivity (Wildman–Crippen MR) is 150 cm³/mol. The zero-order valence-corrected chi connectivity index (χ0v) is 23.8. The number of carbonyl (C=O) groups is 3. The fourth-order valence-electron chi connectivity index (χ4n) is 4.67. The molecule has 9 heteroatoms. The van der Waals surface area contributed by atoms with Crippen molar-refractivity contribution in [2.45, 2.75) is 97.8 Å². The monoisotopic (exact) mass is 532 g/mol. The summed E-state index contributed by atoms with van der Waals surface area (Å²) in [6.07, 6.45) is 2.94. The first kappa shape index (κ1) is 31.6. The lowest BCUT2D eigenvalue weighted by Crippen LogP contribution is -2.51. The number of carbonyl (C=O) groups excluding carboxylic acids is 3. The van der Waals surface area contributed by atoms with Crippen LogP contribution in [0.15, 0.2) is 24.3 Å². The third-order valence-corrected chi connectivity index (χ3v) is 6.98. The first-order valence-electron chi connectivity index (χ1n) is 14.0. The zero-order valence-electron chi connectivity index (χ0n) is 23.8. The number of unbranched alkanes of at least 4 members (excludes halogenated alkanes) is 2. The van der Waals surface area contributed by atoms with Gasteiger partial charge in [-0.1, -0.05) is 59.6 Å². The molecule has 1 aliphatic rings. The topological polar surface area (TPSA) is 134 Å². The lowest BCUT2D eigenvalue weighted by Gasteiger charge is -2.37. The Bertz CT molecular complexity index is 922. The van der Waals surface area contributed by atoms with Crippen molar-refractivity contribution in [1.82, 2.24) is 10.6 Å². The molecule has 1 aromatic carbocycles. The lowest BCUT2D eigenvalue weighted by molar-refractivity contribution is -0.128. The normalized spacial score (nSPS) is 17.6. The third kappa shape index (κ3) is 9.58. The number of benzene rings is 1. The van der Waals surface area contributed by atoms with Crippen molar-refractivity contribution >= 4 is 23.4 Å². The number of nitrogens with one attached hydrogen (secondary N) is 2. The molecule has 0 spiro atoms. The van der Waals surface area contributed by atoms with Gasteiger partial charge in [0.05, 0.1) is 18.3 Å². The highest BCUT2D eigenvalue weighted by Gasteiger charge is 2.36. The van der Waals surface area contributed by atoms with Crippen LogP contribution in [0.3, 0.4) is 0 Å². The van der Waals surface area contributed by atoms with Crippen molar-refractivity contribution in [3.8, 4) is 5.75 Å². The molecule has 5 N–H and O–H groups in total. The number of amides is 3. The summed E-state index contributed by atoms with van der Waals surface area (Å²) in [5.74, 6) is -0.314. The van der Waals surface area contributed by atoms with E-state index >= 15 is 0 Å². The Hall–Kier alpha value is -2.65. The molecule has 0 aliphatic carbocycles. The van der Waals surface area contributed by atoms with Crippen LogP contribution in [0.1, 0.15) is 79.6 Å². The minimum absolute atomic E-state index is 0.0848. The second-order valence-electron chi connectivity index (χ2n) is 11.3. The van der Waals surface area contributed by atoms with Crippen molar-refractivity contribution in [2.75, 3.05) is 24.5 Å². The molecule has 0 unspecified atom stereocenters. The van der Waals surface area contributed by atoms with E-state index in [1.807, 2.05) is 32.0 Å². The number of nitrogens with two attached hydrogens (primary N) is 1. The van der Waals surface area contributed by atoms with Crippen molar-refractivity contribution in [3.63, 3.8) is 0 Å². The van der Waals surface area contributed by atoms with Crippen LogP contribution in [0.2, 0.25) is 0 Å². The van der Waals surface area contributed by atoms with Gasteiger partial charge in [0.1, 0.15) is 5.75 Å². The van der Waals surface area contributed by atoms with Crippen molar-refractivity contribution in [2.24, 2.45) is 17.1 Å². The largest absolute Gasteiger partial charge is 0.477 e. The highest BCUT2D eigenvalue weighted by molar-refractivity contribution is 5.97. The Morgan fingerprint density at radius 1 is 1.13 bits per heavy atom. The maximum Gasteiger partial charge on any atom is 0.262 e. The van der Waals surface area contributed by atoms with E-state index in [-0.39, 0.29) is 43.0 Å². The molecule has 4 atom stereocenters. The van der Waals surface area contributed by atoms with Gasteiger partial charge in [-0.25, -0.2) is 0 Å². The highest BCUT2D eigenvalue weighted by Crippen LogP contribution is 2.36. The van der Waals surface area contributed by atoms with Crippen LogP contribution in [0.25, 0.3) is 0 Å². The maximum absolute atomic E-state index is 13.5. The summed E-state index contributed by atoms with van der Waals surface area (Å²) in [6.45, 7) is 11.1. The van der Waals surface area contributed by atoms with Gasteiger partial charge in [0.15, 0.2) is 6.10 Å². The number of anilines is 1. The molecule has 0 saturated heterocycles. The van der Waals surface area contributed by atoms with E-state index in [0.717, 1.165) is 25.7 Å². The van der Waals surface area contributed by atoms with E-state index in [2.05, 4.69) is 24.5 Å². The van der Waals surface area contributed by atoms with Crippen LogP contribution in [0, 0.1) is 11.3 Å². The number of rotatable bonds is 15. The van der Waals surface area contributed by atoms with Crippen LogP contribution in [0.4, 0.5) is 5.69 Å². The van der Waals surface area contributed by atoms with Gasteiger partial charge in [0.25, 0.3) is 5.91 Å². The number of aliphatic hydroxyl groups is 1. The summed E-state index contributed by atoms with van der Waals surface area (Å²) < 4.78 is 5.93. The van der Waals surface area contributed by atoms with Crippen LogP contribution in [-0.4, -0.2) is 60.7 Å². The van der Waals surface area contributed by atoms with E-state index in [1.54, 1.807) is 17.9 Å². The van der Waals surface area contributed by atoms with Gasteiger partial charge in [0, 0.05) is 31.5 Å². The van der Waals surface area contributed by atoms with Gasteiger partial charge in [0.2, 0.25) is 11.8 Å². The quantitative estimate of drug-likeness (QED) is 0.257. The van der Waals surface area contributed by atoms with Gasteiger partial charge < -0.3 is 31.1 Å². The zero-order chi connectivity index (χ0) is 28.3. The highest BCUT2D eigenvalue weighted by atomic mass is 16.5. The van der Waals surface area contributed by atoms with Gasteiger partial charge >= 0.3 is 0 Å². The number of hydrogen-bond donors (Lipinski definition) is 4. The van der Waals surface area contributed by atoms with E-state index < -0.39 is 23.7 Å². The summed E-state index contributed by atoms with van der Waals surface area (Å²) >= 11 is 0. The molecule has 38 heavy (non-hydrogen) atoms. The fraction of sp³-hybridized carbons (Fsp3) is 0.690. The molecule has 0 bridgehead atoms. The summed E-state index contributed by atoms with van der Waals surface area (Å²) in [7, 11) is 0. The summed E-state index contributed by atoms with van der Waals surface area (Å²) in [6, 6.07) is 6.64. The second kappa shape index (κ2) is 15.1. The Balaban J connectivity index is 2.00. The number of para-hydroxylation sites is 2. The molecule has 0 fully saturated rings. The molecule has 214 valence electrons. The molecule has 9 nitrogen and oxygen atoms in total. The first-order valence-corrected chi connectivity index (χ1v) is 14.0. The van der Waals surface area contributed by atoms with Crippen LogP contribution in [0.5, 0.6) is 5.75 Å². The minimum Gasteiger partial charge on any atom is -0.477 e. The SMILES string of the molecule is CCCCNC(=O)[C@H](C)C[C@H](O)[C@@H](N)CC(C)(C)CC(=O)N1C[C@H](C(=O)NCCCC)Oc2ccccc21. The first-order chi connectivity index (χ1) is 18.0. The fourth-order valence-corrected chi connectivity index (χ4v) is 4.67. The van der Waals surface area contributed by atoms with E-state index in [1.165, 1.54) is 0 Å². The van der Waals surface area contributed by atoms with Gasteiger partial charge in [-0.3, -0.25) is 14.4 Å². The van der Waals surface area contributed by atoms with E-state index in [0.29, 0.717) is 30.9 Å². The standard InChI is InChI=1S/C29H48N4O5/c1-6-8-14-31-27(36)20(3)16-23(34)21(30)17-29(4,5)18-26(35)33-19-25(28(37)32-15-9-7-2)38-24-13-11-10-12-22(24)33/h10-13,20-21,23,25,34H,6-9,14-19,30H2,1-5H3,(H,31,36)(H,32,37)/t20-,21+,23+,25-/m1/s1. The number of hydrogen-bond acceptors (Lipinski definition) is 6. The number of nitrogens with zero attached hydrogens (tertiary/aromatic N) is 1. The van der Waals surface area contributed by atoms with E-state index in [4.69, 9.17) is 10.5 Å². The second-order valence-corrected chi connectivity index (χ2v) is 11.3. The molecular weight excluding hydrogens is 484 g/mol. The molecule has 1 aliphatic heterocycles. The summed E-state index contributed by atoms with van der Waals surface area (Å²) in [5, 5.41) is 16.5. The summed E-state index contributed by atoms with van der Waals surface area (Å²) in [5.41, 5.74) is 6.46. The molecule has 3 amide bonds. The van der Waals surface area contributed by atoms with Crippen molar-refractivity contribution in [1.29, 1.82) is 0 Å². The molecule has 1 aromatic rings. The maximum atomic E-state index is 13.5. The number of ether oxygens (including phenoxy) is 1. The predicted octanol–water partition coefficient (Wildman–Crippen LogP) is 3.13. The van der Waals surface area contributed by atoms with Crippen LogP contribution >= 0.6 is 0 Å². The van der Waals surface area contributed by atoms with Gasteiger partial charge in [-0.05, 0) is 43.2 Å². The molecular formula is C29H48N4O5. The molecule has 2 rings (SSSR count). The lowest BCUT2D eigenvalue weighted by atomic mass is 9.80. The van der Waals surface area contributed by atoms with E-state index in [9.17, 15) is 19.5 Å². The molecule has 0 radical (unpaired) electrons. The number of fused-ring (bicyclic) bond motifs is 1.